The molecule has 2 rings (SSSR count). The Balaban J connectivity index is 2.64. The van der Waals surface area contributed by atoms with E-state index in [0.717, 1.165) is 0 Å². The lowest BCUT2D eigenvalue weighted by Gasteiger charge is -2.43. The van der Waals surface area contributed by atoms with Crippen LogP contribution in [0.15, 0.2) is 60.8 Å². The van der Waals surface area contributed by atoms with Gasteiger partial charge in [0.1, 0.15) is 17.2 Å². The summed E-state index contributed by atoms with van der Waals surface area (Å²) in [5.41, 5.74) is 1.32. The van der Waals surface area contributed by atoms with Crippen molar-refractivity contribution in [3.05, 3.63) is 82.3 Å². The maximum atomic E-state index is 14.0. The average Bonchev–Trinajstić information content (AvgIpc) is 2.90. The number of methoxy groups -OCH3 is 1. The number of ether oxygens (including phenoxy) is 2. The molecule has 2 aromatic rings. The van der Waals surface area contributed by atoms with E-state index in [4.69, 9.17) is 13.9 Å². The van der Waals surface area contributed by atoms with Crippen LogP contribution in [-0.4, -0.2) is 45.2 Å². The van der Waals surface area contributed by atoms with Crippen LogP contribution in [-0.2, 0) is 9.16 Å². The number of nitrogens with zero attached hydrogens (tertiary/aromatic N) is 2. The van der Waals surface area contributed by atoms with Crippen LogP contribution in [0.2, 0.25) is 16.6 Å². The molecular formula is C33H49FN2O6Si. The molecule has 0 aliphatic rings. The summed E-state index contributed by atoms with van der Waals surface area (Å²) in [7, 11) is -0.795. The molecule has 238 valence electrons. The molecule has 0 saturated heterocycles. The summed E-state index contributed by atoms with van der Waals surface area (Å²) < 4.78 is 31.8. The maximum absolute atomic E-state index is 14.0. The third-order valence-electron chi connectivity index (χ3n) is 7.78. The highest BCUT2D eigenvalue weighted by atomic mass is 28.4. The molecule has 0 bridgehead atoms. The van der Waals surface area contributed by atoms with E-state index in [1.165, 1.54) is 17.0 Å². The Hall–Kier alpha value is -3.24. The number of hydrogen-bond donors (Lipinski definition) is 0. The number of allylic oxidation sites excluding steroid dienone is 1. The van der Waals surface area contributed by atoms with Gasteiger partial charge in [-0.05, 0) is 79.4 Å². The van der Waals surface area contributed by atoms with Gasteiger partial charge in [-0.1, -0.05) is 59.8 Å². The number of carbonyl (C=O) groups is 1. The lowest BCUT2D eigenvalue weighted by molar-refractivity contribution is -0.489. The molecule has 8 nitrogen and oxygen atoms in total. The Morgan fingerprint density at radius 3 is 1.95 bits per heavy atom. The molecular weight excluding hydrogens is 567 g/mol. The zero-order valence-corrected chi connectivity index (χ0v) is 28.3. The number of carbonyl (C=O) groups excluding carboxylic acids is 1. The fourth-order valence-corrected chi connectivity index (χ4v) is 11.4. The third-order valence-corrected chi connectivity index (χ3v) is 13.9. The second-order valence-corrected chi connectivity index (χ2v) is 18.3. The van der Waals surface area contributed by atoms with E-state index in [0.29, 0.717) is 33.6 Å². The van der Waals surface area contributed by atoms with Gasteiger partial charge < -0.3 is 13.9 Å². The van der Waals surface area contributed by atoms with Crippen molar-refractivity contribution in [2.24, 2.45) is 5.92 Å². The van der Waals surface area contributed by atoms with Gasteiger partial charge in [0, 0.05) is 23.6 Å². The summed E-state index contributed by atoms with van der Waals surface area (Å²) in [6.45, 7) is 18.1. The first-order valence-electron chi connectivity index (χ1n) is 14.9. The average molecular weight is 617 g/mol. The molecule has 0 fully saturated rings. The van der Waals surface area contributed by atoms with Crippen LogP contribution in [0.4, 0.5) is 14.9 Å². The van der Waals surface area contributed by atoms with Crippen LogP contribution in [0, 0.1) is 21.8 Å². The summed E-state index contributed by atoms with van der Waals surface area (Å²) in [5.74, 6) is -0.936. The lowest BCUT2D eigenvalue weighted by atomic mass is 9.86. The van der Waals surface area contributed by atoms with E-state index in [-0.39, 0.29) is 18.1 Å². The van der Waals surface area contributed by atoms with Crippen molar-refractivity contribution in [2.75, 3.05) is 25.2 Å². The minimum Gasteiger partial charge on any atom is -0.497 e. The molecule has 0 aromatic heterocycles. The van der Waals surface area contributed by atoms with Gasteiger partial charge in [0.2, 0.25) is 6.54 Å². The summed E-state index contributed by atoms with van der Waals surface area (Å²) >= 11 is 0. The Bertz CT molecular complexity index is 1190. The van der Waals surface area contributed by atoms with Gasteiger partial charge >= 0.3 is 6.09 Å². The predicted octanol–water partition coefficient (Wildman–Crippen LogP) is 8.96. The zero-order valence-electron chi connectivity index (χ0n) is 27.3. The van der Waals surface area contributed by atoms with Crippen molar-refractivity contribution in [2.45, 2.75) is 90.5 Å². The zero-order chi connectivity index (χ0) is 32.5. The van der Waals surface area contributed by atoms with E-state index in [2.05, 4.69) is 41.5 Å². The molecule has 2 atom stereocenters. The van der Waals surface area contributed by atoms with E-state index in [1.807, 2.05) is 0 Å². The second kappa shape index (κ2) is 15.5. The van der Waals surface area contributed by atoms with Crippen LogP contribution >= 0.6 is 0 Å². The first-order chi connectivity index (χ1) is 20.0. The van der Waals surface area contributed by atoms with Crippen LogP contribution in [0.1, 0.15) is 73.8 Å². The SMILES string of the molecule is COc1ccc(N(/C=C\[C@@H](c2ccc(F)cc2)[C@H](CO[Si](C(C)C)(C(C)C)C(C)C)C[N+](=O)[O-])C(=O)OC(C)(C)C)cc1. The van der Waals surface area contributed by atoms with Crippen molar-refractivity contribution >= 4 is 20.1 Å². The molecule has 1 amide bonds. The van der Waals surface area contributed by atoms with Gasteiger partial charge in [-0.3, -0.25) is 15.0 Å². The van der Waals surface area contributed by atoms with Gasteiger partial charge in [0.25, 0.3) is 0 Å². The van der Waals surface area contributed by atoms with Gasteiger partial charge in [-0.15, -0.1) is 0 Å². The molecule has 0 saturated carbocycles. The number of halogens is 1. The molecule has 0 spiro atoms. The van der Waals surface area contributed by atoms with Crippen LogP contribution in [0.5, 0.6) is 5.75 Å². The summed E-state index contributed by atoms with van der Waals surface area (Å²) in [6.07, 6.45) is 2.72. The second-order valence-electron chi connectivity index (χ2n) is 12.9. The Labute approximate surface area is 257 Å². The number of nitro groups is 1. The first kappa shape index (κ1) is 36.0. The summed E-state index contributed by atoms with van der Waals surface area (Å²) in [5, 5.41) is 12.0. The number of benzene rings is 2. The maximum Gasteiger partial charge on any atom is 0.418 e. The molecule has 0 aliphatic heterocycles. The summed E-state index contributed by atoms with van der Waals surface area (Å²) in [4.78, 5) is 26.4. The van der Waals surface area contributed by atoms with E-state index in [9.17, 15) is 19.3 Å². The number of rotatable bonds is 14. The quantitative estimate of drug-likeness (QED) is 0.120. The summed E-state index contributed by atoms with van der Waals surface area (Å²) in [6, 6.07) is 12.8. The number of anilines is 1. The van der Waals surface area contributed by atoms with E-state index in [1.54, 1.807) is 76.6 Å². The van der Waals surface area contributed by atoms with Crippen molar-refractivity contribution in [3.63, 3.8) is 0 Å². The molecule has 0 heterocycles. The van der Waals surface area contributed by atoms with Crippen molar-refractivity contribution in [3.8, 4) is 5.75 Å². The normalized spacial score (nSPS) is 13.9. The van der Waals surface area contributed by atoms with Gasteiger partial charge in [0.05, 0.1) is 18.7 Å². The monoisotopic (exact) mass is 616 g/mol. The topological polar surface area (TPSA) is 91.1 Å². The van der Waals surface area contributed by atoms with Crippen LogP contribution in [0.25, 0.3) is 0 Å². The third kappa shape index (κ3) is 9.89. The molecule has 10 heteroatoms. The lowest BCUT2D eigenvalue weighted by Crippen LogP contribution is -2.49. The molecule has 0 radical (unpaired) electrons. The molecule has 0 N–H and O–H groups in total. The molecule has 0 aliphatic carbocycles. The Morgan fingerprint density at radius 2 is 1.51 bits per heavy atom. The highest BCUT2D eigenvalue weighted by molar-refractivity contribution is 6.77. The van der Waals surface area contributed by atoms with Crippen LogP contribution < -0.4 is 9.64 Å². The molecule has 43 heavy (non-hydrogen) atoms. The van der Waals surface area contributed by atoms with Gasteiger partial charge in [0.15, 0.2) is 8.32 Å². The minimum atomic E-state index is -2.35. The van der Waals surface area contributed by atoms with Gasteiger partial charge in [-0.25, -0.2) is 9.18 Å². The fraction of sp³-hybridized carbons (Fsp3) is 0.545. The molecule has 0 unspecified atom stereocenters. The fourth-order valence-electron chi connectivity index (χ4n) is 5.92. The van der Waals surface area contributed by atoms with Gasteiger partial charge in [-0.2, -0.15) is 0 Å². The van der Waals surface area contributed by atoms with Crippen molar-refractivity contribution in [1.82, 2.24) is 0 Å². The van der Waals surface area contributed by atoms with Crippen molar-refractivity contribution in [1.29, 1.82) is 0 Å². The Kier molecular flexibility index (Phi) is 12.9. The smallest absolute Gasteiger partial charge is 0.418 e. The highest BCUT2D eigenvalue weighted by Crippen LogP contribution is 2.43. The minimum absolute atomic E-state index is 0.156. The largest absolute Gasteiger partial charge is 0.497 e. The standard InChI is InChI=1S/C33H49FN2O6Si/c1-23(2)43(24(3)4,25(5)6)41-22-27(21-36(38)39)31(26-11-13-28(34)14-12-26)19-20-35(32(37)42-33(7,8)9)29-15-17-30(40-10)18-16-29/h11-20,23-25,27,31H,21-22H2,1-10H3/b20-19-/t27-,31-/m0/s1. The van der Waals surface area contributed by atoms with Crippen molar-refractivity contribution < 1.29 is 28.0 Å². The van der Waals surface area contributed by atoms with Crippen LogP contribution in [0.3, 0.4) is 0 Å². The predicted molar refractivity (Wildman–Crippen MR) is 172 cm³/mol. The number of hydrogen-bond acceptors (Lipinski definition) is 6. The highest BCUT2D eigenvalue weighted by Gasteiger charge is 2.46. The Morgan fingerprint density at radius 1 is 0.977 bits per heavy atom. The van der Waals surface area contributed by atoms with E-state index < -0.39 is 37.7 Å². The first-order valence-corrected chi connectivity index (χ1v) is 17.0. The number of amides is 1. The molecule has 2 aromatic carbocycles. The van der Waals surface area contributed by atoms with E-state index >= 15 is 0 Å².